The molecule has 0 saturated carbocycles. The molecule has 110 valence electrons. The molecule has 0 radical (unpaired) electrons. The van der Waals surface area contributed by atoms with Gasteiger partial charge in [-0.2, -0.15) is 10.2 Å². The fourth-order valence-corrected chi connectivity index (χ4v) is 3.17. The summed E-state index contributed by atoms with van der Waals surface area (Å²) in [6.07, 6.45) is 1.47. The number of primary sulfonamides is 1. The Balaban J connectivity index is 2.43. The van der Waals surface area contributed by atoms with Crippen LogP contribution in [-0.4, -0.2) is 33.0 Å². The molecule has 0 atom stereocenters. The first-order valence-electron chi connectivity index (χ1n) is 6.17. The third-order valence-corrected chi connectivity index (χ3v) is 4.19. The second kappa shape index (κ2) is 4.98. The number of sulfonamides is 1. The van der Waals surface area contributed by atoms with E-state index in [1.165, 1.54) is 6.33 Å². The van der Waals surface area contributed by atoms with Crippen LogP contribution in [0.25, 0.3) is 0 Å². The molecule has 8 nitrogen and oxygen atoms in total. The van der Waals surface area contributed by atoms with Gasteiger partial charge in [-0.05, 0) is 27.7 Å². The number of hydrogen-bond donors (Lipinski definition) is 1. The Hall–Kier alpha value is -1.74. The van der Waals surface area contributed by atoms with Crippen molar-refractivity contribution in [2.75, 3.05) is 0 Å². The standard InChI is InChI=1S/C11H18N6O2S/c1-7(2)17-10(13-6-14-17)5-16-9(4)11(8(3)15-16)20(12,18)19/h6-7H,5H2,1-4H3,(H2,12,18,19). The molecule has 2 N–H and O–H groups in total. The summed E-state index contributed by atoms with van der Waals surface area (Å²) in [7, 11) is -3.77. The van der Waals surface area contributed by atoms with Gasteiger partial charge in [0.2, 0.25) is 10.0 Å². The van der Waals surface area contributed by atoms with Crippen molar-refractivity contribution in [1.82, 2.24) is 24.5 Å². The molecule has 2 aromatic rings. The topological polar surface area (TPSA) is 109 Å². The zero-order chi connectivity index (χ0) is 15.1. The normalized spacial score (nSPS) is 12.3. The van der Waals surface area contributed by atoms with Crippen LogP contribution in [0.3, 0.4) is 0 Å². The largest absolute Gasteiger partial charge is 0.261 e. The van der Waals surface area contributed by atoms with Crippen LogP contribution in [0.5, 0.6) is 0 Å². The number of aryl methyl sites for hydroxylation is 1. The Kier molecular flexibility index (Phi) is 3.65. The van der Waals surface area contributed by atoms with Crippen molar-refractivity contribution in [3.8, 4) is 0 Å². The van der Waals surface area contributed by atoms with E-state index in [2.05, 4.69) is 15.2 Å². The predicted octanol–water partition coefficient (Wildman–Crippen LogP) is 0.368. The average Bonchev–Trinajstić information content (AvgIpc) is 2.84. The highest BCUT2D eigenvalue weighted by Crippen LogP contribution is 2.18. The molecule has 2 aromatic heterocycles. The lowest BCUT2D eigenvalue weighted by Crippen LogP contribution is -2.16. The third kappa shape index (κ3) is 2.59. The molecule has 0 fully saturated rings. The summed E-state index contributed by atoms with van der Waals surface area (Å²) in [6, 6.07) is 0.169. The second-order valence-electron chi connectivity index (χ2n) is 4.92. The minimum atomic E-state index is -3.77. The van der Waals surface area contributed by atoms with Crippen LogP contribution < -0.4 is 5.14 Å². The summed E-state index contributed by atoms with van der Waals surface area (Å²) >= 11 is 0. The highest BCUT2D eigenvalue weighted by atomic mass is 32.2. The molecule has 0 spiro atoms. The lowest BCUT2D eigenvalue weighted by atomic mass is 10.4. The van der Waals surface area contributed by atoms with Crippen LogP contribution in [-0.2, 0) is 16.6 Å². The van der Waals surface area contributed by atoms with Gasteiger partial charge in [-0.1, -0.05) is 0 Å². The van der Waals surface area contributed by atoms with Crippen molar-refractivity contribution in [3.05, 3.63) is 23.5 Å². The van der Waals surface area contributed by atoms with Crippen LogP contribution in [0.4, 0.5) is 0 Å². The van der Waals surface area contributed by atoms with Gasteiger partial charge in [0.15, 0.2) is 0 Å². The van der Waals surface area contributed by atoms with Crippen LogP contribution in [0.15, 0.2) is 11.2 Å². The van der Waals surface area contributed by atoms with Crippen molar-refractivity contribution in [2.45, 2.75) is 45.2 Å². The summed E-state index contributed by atoms with van der Waals surface area (Å²) in [5, 5.41) is 13.6. The highest BCUT2D eigenvalue weighted by molar-refractivity contribution is 7.89. The summed E-state index contributed by atoms with van der Waals surface area (Å²) in [6.45, 7) is 7.64. The molecule has 2 rings (SSSR count). The molecular formula is C11H18N6O2S. The Morgan fingerprint density at radius 1 is 1.35 bits per heavy atom. The molecule has 0 bridgehead atoms. The van der Waals surface area contributed by atoms with Crippen molar-refractivity contribution < 1.29 is 8.42 Å². The molecule has 0 aliphatic rings. The fourth-order valence-electron chi connectivity index (χ4n) is 2.20. The number of nitrogens with two attached hydrogens (primary N) is 1. The minimum absolute atomic E-state index is 0.0770. The van der Waals surface area contributed by atoms with E-state index < -0.39 is 10.0 Å². The average molecular weight is 298 g/mol. The van der Waals surface area contributed by atoms with E-state index in [1.807, 2.05) is 13.8 Å². The molecule has 0 unspecified atom stereocenters. The number of rotatable bonds is 4. The van der Waals surface area contributed by atoms with Gasteiger partial charge in [-0.15, -0.1) is 0 Å². The molecule has 0 aliphatic heterocycles. The molecule has 0 aliphatic carbocycles. The van der Waals surface area contributed by atoms with E-state index in [0.29, 0.717) is 23.8 Å². The van der Waals surface area contributed by atoms with E-state index in [1.54, 1.807) is 23.2 Å². The van der Waals surface area contributed by atoms with Crippen LogP contribution in [0.1, 0.15) is 37.1 Å². The fraction of sp³-hybridized carbons (Fsp3) is 0.545. The SMILES string of the molecule is Cc1nn(Cc2ncnn2C(C)C)c(C)c1S(N)(=O)=O. The van der Waals surface area contributed by atoms with Crippen LogP contribution in [0.2, 0.25) is 0 Å². The zero-order valence-corrected chi connectivity index (χ0v) is 12.7. The lowest BCUT2D eigenvalue weighted by molar-refractivity contribution is 0.485. The maximum Gasteiger partial charge on any atom is 0.241 e. The molecular weight excluding hydrogens is 280 g/mol. The van der Waals surface area contributed by atoms with Gasteiger partial charge in [-0.3, -0.25) is 4.68 Å². The summed E-state index contributed by atoms with van der Waals surface area (Å²) in [5.41, 5.74) is 0.893. The number of nitrogens with zero attached hydrogens (tertiary/aromatic N) is 5. The Bertz CT molecular complexity index is 728. The molecule has 0 amide bonds. The van der Waals surface area contributed by atoms with Crippen molar-refractivity contribution in [3.63, 3.8) is 0 Å². The van der Waals surface area contributed by atoms with Gasteiger partial charge in [0, 0.05) is 6.04 Å². The van der Waals surface area contributed by atoms with Crippen molar-refractivity contribution in [1.29, 1.82) is 0 Å². The first-order chi connectivity index (χ1) is 9.21. The molecule has 2 heterocycles. The highest BCUT2D eigenvalue weighted by Gasteiger charge is 2.22. The van der Waals surface area contributed by atoms with Gasteiger partial charge in [-0.25, -0.2) is 23.2 Å². The van der Waals surface area contributed by atoms with Gasteiger partial charge in [0.1, 0.15) is 23.6 Å². The molecule has 9 heteroatoms. The van der Waals surface area contributed by atoms with E-state index in [9.17, 15) is 8.42 Å². The first-order valence-corrected chi connectivity index (χ1v) is 7.71. The molecule has 0 aromatic carbocycles. The molecule has 0 saturated heterocycles. The van der Waals surface area contributed by atoms with Gasteiger partial charge >= 0.3 is 0 Å². The summed E-state index contributed by atoms with van der Waals surface area (Å²) < 4.78 is 26.5. The van der Waals surface area contributed by atoms with E-state index >= 15 is 0 Å². The van der Waals surface area contributed by atoms with Crippen LogP contribution >= 0.6 is 0 Å². The maximum absolute atomic E-state index is 11.6. The van der Waals surface area contributed by atoms with Crippen LogP contribution in [0, 0.1) is 13.8 Å². The van der Waals surface area contributed by atoms with Gasteiger partial charge in [0.25, 0.3) is 0 Å². The van der Waals surface area contributed by atoms with Crippen molar-refractivity contribution in [2.24, 2.45) is 5.14 Å². The Labute approximate surface area is 117 Å². The number of aromatic nitrogens is 5. The van der Waals surface area contributed by atoms with E-state index in [-0.39, 0.29) is 10.9 Å². The smallest absolute Gasteiger partial charge is 0.241 e. The predicted molar refractivity (Wildman–Crippen MR) is 72.6 cm³/mol. The molecule has 20 heavy (non-hydrogen) atoms. The third-order valence-electron chi connectivity index (χ3n) is 3.03. The Morgan fingerprint density at radius 3 is 2.50 bits per heavy atom. The zero-order valence-electron chi connectivity index (χ0n) is 11.9. The summed E-state index contributed by atoms with van der Waals surface area (Å²) in [5.74, 6) is 0.714. The van der Waals surface area contributed by atoms with Gasteiger partial charge in [0.05, 0.1) is 11.4 Å². The lowest BCUT2D eigenvalue weighted by Gasteiger charge is -2.10. The second-order valence-corrected chi connectivity index (χ2v) is 6.42. The van der Waals surface area contributed by atoms with Crippen molar-refractivity contribution >= 4 is 10.0 Å². The van der Waals surface area contributed by atoms with E-state index in [4.69, 9.17) is 5.14 Å². The maximum atomic E-state index is 11.6. The van der Waals surface area contributed by atoms with Gasteiger partial charge < -0.3 is 0 Å². The quantitative estimate of drug-likeness (QED) is 0.877. The minimum Gasteiger partial charge on any atom is -0.261 e. The summed E-state index contributed by atoms with van der Waals surface area (Å²) in [4.78, 5) is 4.26. The first kappa shape index (κ1) is 14.7. The monoisotopic (exact) mass is 298 g/mol. The number of hydrogen-bond acceptors (Lipinski definition) is 5. The van der Waals surface area contributed by atoms with E-state index in [0.717, 1.165) is 0 Å². The Morgan fingerprint density at radius 2 is 2.00 bits per heavy atom.